The Labute approximate surface area is 130 Å². The number of fused-ring (bicyclic) bond motifs is 1. The predicted octanol–water partition coefficient (Wildman–Crippen LogP) is 3.72. The summed E-state index contributed by atoms with van der Waals surface area (Å²) >= 11 is 3.22. The summed E-state index contributed by atoms with van der Waals surface area (Å²) in [7, 11) is 0. The SMILES string of the molecule is CCc1cc(-c2nn3c(C4CCCC4)nnc3s2)c(N)s1. The van der Waals surface area contributed by atoms with E-state index in [4.69, 9.17) is 10.8 Å². The van der Waals surface area contributed by atoms with Crippen LogP contribution in [0.25, 0.3) is 15.5 Å². The molecule has 3 aromatic heterocycles. The first-order valence-corrected chi connectivity index (χ1v) is 9.00. The number of nitrogens with two attached hydrogens (primary N) is 1. The van der Waals surface area contributed by atoms with E-state index in [2.05, 4.69) is 23.2 Å². The summed E-state index contributed by atoms with van der Waals surface area (Å²) < 4.78 is 1.93. The molecule has 0 spiro atoms. The maximum atomic E-state index is 6.14. The molecule has 1 aliphatic carbocycles. The van der Waals surface area contributed by atoms with Crippen LogP contribution in [0.15, 0.2) is 6.07 Å². The lowest BCUT2D eigenvalue weighted by atomic mass is 10.1. The third-order valence-corrected chi connectivity index (χ3v) is 6.17. The van der Waals surface area contributed by atoms with Gasteiger partial charge >= 0.3 is 0 Å². The Balaban J connectivity index is 1.78. The van der Waals surface area contributed by atoms with Gasteiger partial charge in [0.05, 0.1) is 5.00 Å². The van der Waals surface area contributed by atoms with Crippen LogP contribution >= 0.6 is 22.7 Å². The standard InChI is InChI=1S/C14H17N5S2/c1-2-9-7-10(11(15)20-9)13-18-19-12(8-5-3-4-6-8)16-17-14(19)21-13/h7-8H,2-6,15H2,1H3. The second kappa shape index (κ2) is 5.06. The van der Waals surface area contributed by atoms with Crippen LogP contribution < -0.4 is 5.73 Å². The normalized spacial score (nSPS) is 16.2. The minimum Gasteiger partial charge on any atom is -0.390 e. The largest absolute Gasteiger partial charge is 0.390 e. The quantitative estimate of drug-likeness (QED) is 0.799. The number of nitrogens with zero attached hydrogens (tertiary/aromatic N) is 4. The fourth-order valence-electron chi connectivity index (χ4n) is 2.98. The fourth-order valence-corrected chi connectivity index (χ4v) is 4.79. The van der Waals surface area contributed by atoms with E-state index in [1.807, 2.05) is 4.52 Å². The first-order valence-electron chi connectivity index (χ1n) is 7.37. The molecule has 1 fully saturated rings. The van der Waals surface area contributed by atoms with Crippen LogP contribution in [0.2, 0.25) is 0 Å². The maximum absolute atomic E-state index is 6.14. The van der Waals surface area contributed by atoms with Gasteiger partial charge in [0.15, 0.2) is 10.8 Å². The molecule has 4 rings (SSSR count). The van der Waals surface area contributed by atoms with Crippen molar-refractivity contribution in [2.45, 2.75) is 44.9 Å². The summed E-state index contributed by atoms with van der Waals surface area (Å²) in [6.45, 7) is 2.14. The summed E-state index contributed by atoms with van der Waals surface area (Å²) in [4.78, 5) is 2.17. The highest BCUT2D eigenvalue weighted by Gasteiger charge is 2.24. The number of hydrogen-bond acceptors (Lipinski definition) is 6. The number of aryl methyl sites for hydroxylation is 1. The minimum atomic E-state index is 0.515. The molecule has 2 N–H and O–H groups in total. The highest BCUT2D eigenvalue weighted by atomic mass is 32.1. The second-order valence-corrected chi connectivity index (χ2v) is 7.61. The van der Waals surface area contributed by atoms with Crippen molar-refractivity contribution in [2.24, 2.45) is 0 Å². The molecular weight excluding hydrogens is 302 g/mol. The Bertz CT molecular complexity index is 779. The van der Waals surface area contributed by atoms with Gasteiger partial charge in [-0.15, -0.1) is 21.5 Å². The van der Waals surface area contributed by atoms with Gasteiger partial charge in [-0.2, -0.15) is 9.61 Å². The Kier molecular flexibility index (Phi) is 3.19. The minimum absolute atomic E-state index is 0.515. The molecule has 3 heterocycles. The van der Waals surface area contributed by atoms with Gasteiger partial charge in [-0.3, -0.25) is 0 Å². The number of thiophene rings is 1. The van der Waals surface area contributed by atoms with E-state index in [1.54, 1.807) is 22.7 Å². The summed E-state index contributed by atoms with van der Waals surface area (Å²) in [6, 6.07) is 2.15. The van der Waals surface area contributed by atoms with E-state index in [-0.39, 0.29) is 0 Å². The highest BCUT2D eigenvalue weighted by molar-refractivity contribution is 7.21. The van der Waals surface area contributed by atoms with Crippen molar-refractivity contribution in [1.82, 2.24) is 19.8 Å². The van der Waals surface area contributed by atoms with Crippen molar-refractivity contribution in [3.8, 4) is 10.6 Å². The number of aromatic nitrogens is 4. The average molecular weight is 319 g/mol. The zero-order valence-electron chi connectivity index (χ0n) is 11.9. The molecule has 0 aromatic carbocycles. The van der Waals surface area contributed by atoms with E-state index in [9.17, 15) is 0 Å². The second-order valence-electron chi connectivity index (χ2n) is 5.49. The molecule has 0 radical (unpaired) electrons. The van der Waals surface area contributed by atoms with Gasteiger partial charge in [0.2, 0.25) is 4.96 Å². The first-order chi connectivity index (χ1) is 10.3. The smallest absolute Gasteiger partial charge is 0.234 e. The zero-order valence-corrected chi connectivity index (χ0v) is 13.5. The molecule has 7 heteroatoms. The maximum Gasteiger partial charge on any atom is 0.234 e. The van der Waals surface area contributed by atoms with Crippen molar-refractivity contribution in [3.05, 3.63) is 16.8 Å². The first kappa shape index (κ1) is 13.2. The van der Waals surface area contributed by atoms with Crippen LogP contribution in [0.1, 0.15) is 49.2 Å². The van der Waals surface area contributed by atoms with Crippen LogP contribution in [0.4, 0.5) is 5.00 Å². The number of nitrogen functional groups attached to an aromatic ring is 1. The molecule has 0 unspecified atom stereocenters. The van der Waals surface area contributed by atoms with Gasteiger partial charge in [-0.1, -0.05) is 31.1 Å². The number of anilines is 1. The molecule has 1 saturated carbocycles. The molecule has 1 aliphatic rings. The van der Waals surface area contributed by atoms with E-state index >= 15 is 0 Å². The number of hydrogen-bond donors (Lipinski definition) is 1. The van der Waals surface area contributed by atoms with Gasteiger partial charge in [0.25, 0.3) is 0 Å². The molecule has 0 bridgehead atoms. The van der Waals surface area contributed by atoms with Crippen molar-refractivity contribution in [2.75, 3.05) is 5.73 Å². The molecule has 21 heavy (non-hydrogen) atoms. The summed E-state index contributed by atoms with van der Waals surface area (Å²) in [5.41, 5.74) is 7.19. The van der Waals surface area contributed by atoms with Crippen LogP contribution in [-0.4, -0.2) is 19.8 Å². The number of rotatable bonds is 3. The van der Waals surface area contributed by atoms with Crippen molar-refractivity contribution < 1.29 is 0 Å². The molecule has 0 aliphatic heterocycles. The van der Waals surface area contributed by atoms with Gasteiger partial charge in [-0.05, 0) is 25.3 Å². The highest BCUT2D eigenvalue weighted by Crippen LogP contribution is 2.38. The summed E-state index contributed by atoms with van der Waals surface area (Å²) in [5.74, 6) is 1.54. The van der Waals surface area contributed by atoms with Crippen LogP contribution in [0.3, 0.4) is 0 Å². The molecule has 0 amide bonds. The monoisotopic (exact) mass is 319 g/mol. The van der Waals surface area contributed by atoms with Gasteiger partial charge in [0, 0.05) is 16.4 Å². The molecule has 0 atom stereocenters. The molecule has 3 aromatic rings. The Morgan fingerprint density at radius 3 is 2.81 bits per heavy atom. The van der Waals surface area contributed by atoms with Gasteiger partial charge < -0.3 is 5.73 Å². The molecule has 110 valence electrons. The summed E-state index contributed by atoms with van der Waals surface area (Å²) in [5, 5.41) is 15.2. The molecule has 5 nitrogen and oxygen atoms in total. The Morgan fingerprint density at radius 2 is 2.10 bits per heavy atom. The fraction of sp³-hybridized carbons (Fsp3) is 0.500. The molecule has 0 saturated heterocycles. The van der Waals surface area contributed by atoms with Crippen molar-refractivity contribution in [1.29, 1.82) is 0 Å². The zero-order chi connectivity index (χ0) is 14.4. The lowest BCUT2D eigenvalue weighted by Crippen LogP contribution is -2.01. The van der Waals surface area contributed by atoms with E-state index in [0.717, 1.165) is 32.8 Å². The van der Waals surface area contributed by atoms with Crippen LogP contribution in [-0.2, 0) is 6.42 Å². The lowest BCUT2D eigenvalue weighted by Gasteiger charge is -2.03. The Hall–Kier alpha value is -1.47. The van der Waals surface area contributed by atoms with E-state index in [1.165, 1.54) is 30.6 Å². The Morgan fingerprint density at radius 1 is 1.29 bits per heavy atom. The van der Waals surface area contributed by atoms with Gasteiger partial charge in [0.1, 0.15) is 0 Å². The van der Waals surface area contributed by atoms with E-state index in [0.29, 0.717) is 5.92 Å². The van der Waals surface area contributed by atoms with E-state index < -0.39 is 0 Å². The summed E-state index contributed by atoms with van der Waals surface area (Å²) in [6.07, 6.45) is 5.98. The third-order valence-electron chi connectivity index (χ3n) is 4.13. The third kappa shape index (κ3) is 2.15. The van der Waals surface area contributed by atoms with Crippen LogP contribution in [0, 0.1) is 0 Å². The topological polar surface area (TPSA) is 69.1 Å². The van der Waals surface area contributed by atoms with Crippen molar-refractivity contribution >= 4 is 32.6 Å². The average Bonchev–Trinajstić information content (AvgIpc) is 3.20. The van der Waals surface area contributed by atoms with Crippen LogP contribution in [0.5, 0.6) is 0 Å². The van der Waals surface area contributed by atoms with Gasteiger partial charge in [-0.25, -0.2) is 0 Å². The van der Waals surface area contributed by atoms with Crippen molar-refractivity contribution in [3.63, 3.8) is 0 Å². The molecular formula is C14H17N5S2. The predicted molar refractivity (Wildman–Crippen MR) is 87.0 cm³/mol. The lowest BCUT2D eigenvalue weighted by molar-refractivity contribution is 0.641.